The van der Waals surface area contributed by atoms with Crippen LogP contribution in [0.25, 0.3) is 0 Å². The van der Waals surface area contributed by atoms with Crippen molar-refractivity contribution in [2.45, 2.75) is 53.9 Å². The number of hydrogen-bond donors (Lipinski definition) is 1. The van der Waals surface area contributed by atoms with Crippen molar-refractivity contribution in [1.82, 2.24) is 0 Å². The van der Waals surface area contributed by atoms with Crippen molar-refractivity contribution in [1.29, 1.82) is 0 Å². The second kappa shape index (κ2) is 4.43. The Labute approximate surface area is 132 Å². The summed E-state index contributed by atoms with van der Waals surface area (Å²) in [4.78, 5) is 25.6. The van der Waals surface area contributed by atoms with Gasteiger partial charge in [0.25, 0.3) is 0 Å². The topological polar surface area (TPSA) is 46.2 Å². The number of carbonyl (C=O) groups excluding carboxylic acids is 2. The summed E-state index contributed by atoms with van der Waals surface area (Å²) in [5.41, 5.74) is 1.91. The lowest BCUT2D eigenvalue weighted by molar-refractivity contribution is -0.131. The third-order valence-electron chi connectivity index (χ3n) is 6.99. The maximum atomic E-state index is 13.1. The summed E-state index contributed by atoms with van der Waals surface area (Å²) in [5, 5.41) is 3.11. The van der Waals surface area contributed by atoms with Gasteiger partial charge in [0.2, 0.25) is 5.91 Å². The summed E-state index contributed by atoms with van der Waals surface area (Å²) in [5.74, 6) is 0.264. The van der Waals surface area contributed by atoms with Crippen LogP contribution in [0.3, 0.4) is 0 Å². The molecule has 2 atom stereocenters. The number of ketones is 1. The van der Waals surface area contributed by atoms with E-state index in [1.807, 2.05) is 39.0 Å². The zero-order valence-electron chi connectivity index (χ0n) is 14.2. The van der Waals surface area contributed by atoms with Crippen molar-refractivity contribution in [2.24, 2.45) is 16.2 Å². The van der Waals surface area contributed by atoms with Gasteiger partial charge in [-0.25, -0.2) is 0 Å². The van der Waals surface area contributed by atoms with Gasteiger partial charge < -0.3 is 5.32 Å². The normalized spacial score (nSPS) is 32.3. The lowest BCUT2D eigenvalue weighted by Crippen LogP contribution is -2.43. The molecule has 1 aromatic rings. The molecule has 3 heteroatoms. The molecule has 2 bridgehead atoms. The number of benzene rings is 1. The van der Waals surface area contributed by atoms with E-state index < -0.39 is 5.41 Å². The fourth-order valence-electron chi connectivity index (χ4n) is 4.49. The van der Waals surface area contributed by atoms with Crippen molar-refractivity contribution in [3.8, 4) is 0 Å². The molecule has 0 radical (unpaired) electrons. The van der Waals surface area contributed by atoms with Gasteiger partial charge in [0.1, 0.15) is 5.78 Å². The number of hydrogen-bond acceptors (Lipinski definition) is 2. The highest BCUT2D eigenvalue weighted by atomic mass is 16.2. The van der Waals surface area contributed by atoms with Crippen LogP contribution in [-0.2, 0) is 9.59 Å². The molecule has 1 aromatic carbocycles. The zero-order valence-corrected chi connectivity index (χ0v) is 14.2. The number of Topliss-reactive ketones (excluding diaryl/α,β-unsaturated/α-hetero) is 1. The highest BCUT2D eigenvalue weighted by Crippen LogP contribution is 2.70. The minimum Gasteiger partial charge on any atom is -0.325 e. The molecule has 0 saturated heterocycles. The number of amides is 1. The van der Waals surface area contributed by atoms with Crippen molar-refractivity contribution >= 4 is 17.4 Å². The molecule has 0 heterocycles. The number of fused-ring (bicyclic) bond motifs is 2. The predicted octanol–water partition coefficient (Wildman–Crippen LogP) is 4.03. The lowest BCUT2D eigenvalue weighted by Gasteiger charge is -2.38. The fraction of sp³-hybridized carbons (Fsp3) is 0.579. The van der Waals surface area contributed by atoms with E-state index in [-0.39, 0.29) is 22.5 Å². The number of aryl methyl sites for hydroxylation is 1. The highest BCUT2D eigenvalue weighted by molar-refractivity contribution is 6.04. The molecule has 0 unspecified atom stereocenters. The first-order valence-electron chi connectivity index (χ1n) is 8.07. The molecule has 1 amide bonds. The van der Waals surface area contributed by atoms with E-state index in [2.05, 4.69) is 19.2 Å². The number of rotatable bonds is 2. The van der Waals surface area contributed by atoms with Crippen LogP contribution >= 0.6 is 0 Å². The van der Waals surface area contributed by atoms with Crippen LogP contribution in [0.5, 0.6) is 0 Å². The number of nitrogens with one attached hydrogen (secondary N) is 1. The van der Waals surface area contributed by atoms with Gasteiger partial charge in [0.15, 0.2) is 0 Å². The van der Waals surface area contributed by atoms with Crippen LogP contribution in [0.4, 0.5) is 5.69 Å². The van der Waals surface area contributed by atoms with Crippen molar-refractivity contribution in [3.05, 3.63) is 29.3 Å². The van der Waals surface area contributed by atoms with Crippen LogP contribution < -0.4 is 5.32 Å². The molecule has 2 aliphatic carbocycles. The molecule has 3 rings (SSSR count). The van der Waals surface area contributed by atoms with Crippen molar-refractivity contribution < 1.29 is 9.59 Å². The van der Waals surface area contributed by atoms with E-state index in [1.165, 1.54) is 0 Å². The predicted molar refractivity (Wildman–Crippen MR) is 87.7 cm³/mol. The molecule has 2 saturated carbocycles. The van der Waals surface area contributed by atoms with E-state index in [4.69, 9.17) is 0 Å². The van der Waals surface area contributed by atoms with Gasteiger partial charge in [-0.1, -0.05) is 32.9 Å². The van der Waals surface area contributed by atoms with Crippen LogP contribution in [0.2, 0.25) is 0 Å². The van der Waals surface area contributed by atoms with Gasteiger partial charge >= 0.3 is 0 Å². The minimum atomic E-state index is -0.560. The average Bonchev–Trinajstić information content (AvgIpc) is 2.74. The summed E-state index contributed by atoms with van der Waals surface area (Å²) in [6.07, 6.45) is 2.01. The number of anilines is 1. The molecule has 2 fully saturated rings. The van der Waals surface area contributed by atoms with Crippen LogP contribution in [0, 0.1) is 30.1 Å². The second-order valence-corrected chi connectivity index (χ2v) is 7.84. The Hall–Kier alpha value is -1.64. The van der Waals surface area contributed by atoms with Gasteiger partial charge in [0.05, 0.1) is 5.41 Å². The van der Waals surface area contributed by atoms with Gasteiger partial charge in [-0.2, -0.15) is 0 Å². The van der Waals surface area contributed by atoms with E-state index in [9.17, 15) is 9.59 Å². The largest absolute Gasteiger partial charge is 0.325 e. The molecule has 118 valence electrons. The Balaban J connectivity index is 1.96. The molecule has 0 aromatic heterocycles. The maximum Gasteiger partial charge on any atom is 0.231 e. The molecule has 22 heavy (non-hydrogen) atoms. The van der Waals surface area contributed by atoms with E-state index >= 15 is 0 Å². The molecule has 0 spiro atoms. The Morgan fingerprint density at radius 3 is 2.36 bits per heavy atom. The van der Waals surface area contributed by atoms with Crippen LogP contribution in [-0.4, -0.2) is 11.7 Å². The Bertz CT molecular complexity index is 676. The summed E-state index contributed by atoms with van der Waals surface area (Å²) < 4.78 is 0. The molecule has 3 nitrogen and oxygen atoms in total. The Kier molecular flexibility index (Phi) is 3.08. The quantitative estimate of drug-likeness (QED) is 0.896. The molecule has 1 N–H and O–H groups in total. The second-order valence-electron chi connectivity index (χ2n) is 7.84. The summed E-state index contributed by atoms with van der Waals surface area (Å²) in [6.45, 7) is 10.3. The van der Waals surface area contributed by atoms with Gasteiger partial charge in [-0.3, -0.25) is 9.59 Å². The van der Waals surface area contributed by atoms with Crippen LogP contribution in [0.15, 0.2) is 18.2 Å². The first kappa shape index (κ1) is 15.3. The van der Waals surface area contributed by atoms with Gasteiger partial charge in [-0.05, 0) is 49.3 Å². The number of carbonyl (C=O) groups is 2. The summed E-state index contributed by atoms with van der Waals surface area (Å²) in [6, 6.07) is 5.94. The van der Waals surface area contributed by atoms with E-state index in [0.29, 0.717) is 6.42 Å². The zero-order chi connectivity index (χ0) is 16.3. The fourth-order valence-corrected chi connectivity index (χ4v) is 4.49. The first-order chi connectivity index (χ1) is 10.2. The standard InChI is InChI=1S/C19H25NO2/c1-12-7-6-8-14(13(12)2)20-16(22)19-10-9-18(5,15(21)11-19)17(19,3)4/h6-8H,9-11H2,1-5H3,(H,20,22)/t18-,19-/m1/s1. The first-order valence-corrected chi connectivity index (χ1v) is 8.07. The van der Waals surface area contributed by atoms with E-state index in [1.54, 1.807) is 0 Å². The Morgan fingerprint density at radius 1 is 1.14 bits per heavy atom. The summed E-state index contributed by atoms with van der Waals surface area (Å²) >= 11 is 0. The maximum absolute atomic E-state index is 13.1. The molecule has 0 aliphatic heterocycles. The van der Waals surface area contributed by atoms with Gasteiger partial charge in [0, 0.05) is 17.5 Å². The summed E-state index contributed by atoms with van der Waals surface area (Å²) in [7, 11) is 0. The molecular formula is C19H25NO2. The molecular weight excluding hydrogens is 274 g/mol. The van der Waals surface area contributed by atoms with E-state index in [0.717, 1.165) is 29.7 Å². The Morgan fingerprint density at radius 2 is 1.82 bits per heavy atom. The molecule has 2 aliphatic rings. The SMILES string of the molecule is Cc1cccc(NC(=O)[C@@]23CC[C@](C)(C(=O)C2)C3(C)C)c1C. The lowest BCUT2D eigenvalue weighted by atomic mass is 9.64. The highest BCUT2D eigenvalue weighted by Gasteiger charge is 2.72. The van der Waals surface area contributed by atoms with Crippen molar-refractivity contribution in [2.75, 3.05) is 5.32 Å². The average molecular weight is 299 g/mol. The third-order valence-corrected chi connectivity index (χ3v) is 6.99. The smallest absolute Gasteiger partial charge is 0.231 e. The van der Waals surface area contributed by atoms with Gasteiger partial charge in [-0.15, -0.1) is 0 Å². The third kappa shape index (κ3) is 1.62. The minimum absolute atomic E-state index is 0.0146. The van der Waals surface area contributed by atoms with Crippen molar-refractivity contribution in [3.63, 3.8) is 0 Å². The monoisotopic (exact) mass is 299 g/mol. The van der Waals surface area contributed by atoms with Crippen LogP contribution in [0.1, 0.15) is 51.2 Å².